The number of aromatic nitrogens is 1. The molecule has 2 aliphatic rings. The van der Waals surface area contributed by atoms with Crippen molar-refractivity contribution >= 4 is 10.9 Å². The fourth-order valence-corrected chi connectivity index (χ4v) is 3.19. The van der Waals surface area contributed by atoms with E-state index in [1.54, 1.807) is 11.1 Å². The number of aromatic amines is 1. The van der Waals surface area contributed by atoms with Crippen molar-refractivity contribution in [3.63, 3.8) is 0 Å². The van der Waals surface area contributed by atoms with Gasteiger partial charge in [-0.3, -0.25) is 0 Å². The number of rotatable bonds is 4. The van der Waals surface area contributed by atoms with Crippen LogP contribution in [0.1, 0.15) is 50.2 Å². The van der Waals surface area contributed by atoms with Crippen LogP contribution in [-0.4, -0.2) is 18.1 Å². The number of fused-ring (bicyclic) bond motifs is 3. The van der Waals surface area contributed by atoms with E-state index in [1.165, 1.54) is 68.9 Å². The fraction of sp³-hybridized carbons (Fsp3) is 0.579. The Hall–Kier alpha value is -1.28. The highest BCUT2D eigenvalue weighted by molar-refractivity contribution is 5.84. The molecule has 1 aromatic carbocycles. The second-order valence-corrected chi connectivity index (χ2v) is 6.50. The summed E-state index contributed by atoms with van der Waals surface area (Å²) in [5.41, 5.74) is 4.45. The Balaban J connectivity index is 0.000000143. The summed E-state index contributed by atoms with van der Waals surface area (Å²) < 4.78 is 0. The molecule has 2 N–H and O–H groups in total. The van der Waals surface area contributed by atoms with Crippen LogP contribution in [0, 0.1) is 5.92 Å². The molecule has 0 saturated heterocycles. The van der Waals surface area contributed by atoms with Gasteiger partial charge in [0, 0.05) is 17.1 Å². The van der Waals surface area contributed by atoms with Gasteiger partial charge < -0.3 is 10.3 Å². The number of H-pyrrole nitrogens is 1. The Morgan fingerprint density at radius 1 is 1.14 bits per heavy atom. The summed E-state index contributed by atoms with van der Waals surface area (Å²) >= 11 is 0. The standard InChI is InChI=1S/C12H13N.C7H15N/c1-2-4-10-9(3-1)5-6-12-11(10)7-8-13-12;1-2-5-8-6-7-3-4-7/h5-8,13H,1-4H2;7-8H,2-6H2,1H3. The van der Waals surface area contributed by atoms with Gasteiger partial charge in [0.25, 0.3) is 0 Å². The molecule has 0 aliphatic heterocycles. The molecule has 0 bridgehead atoms. The van der Waals surface area contributed by atoms with Gasteiger partial charge in [-0.2, -0.15) is 0 Å². The van der Waals surface area contributed by atoms with Crippen LogP contribution in [-0.2, 0) is 12.8 Å². The summed E-state index contributed by atoms with van der Waals surface area (Å²) in [6, 6.07) is 6.70. The Kier molecular flexibility index (Phi) is 4.97. The number of nitrogens with one attached hydrogen (secondary N) is 2. The van der Waals surface area contributed by atoms with Crippen molar-refractivity contribution in [1.29, 1.82) is 0 Å². The first-order chi connectivity index (χ1) is 10.4. The van der Waals surface area contributed by atoms with Gasteiger partial charge in [0.05, 0.1) is 0 Å². The highest BCUT2D eigenvalue weighted by atomic mass is 14.9. The van der Waals surface area contributed by atoms with Crippen molar-refractivity contribution < 1.29 is 0 Å². The van der Waals surface area contributed by atoms with Gasteiger partial charge in [-0.05, 0) is 87.2 Å². The Morgan fingerprint density at radius 3 is 2.81 bits per heavy atom. The van der Waals surface area contributed by atoms with E-state index in [1.807, 2.05) is 6.20 Å². The number of benzene rings is 1. The smallest absolute Gasteiger partial charge is 0.0456 e. The maximum atomic E-state index is 3.40. The van der Waals surface area contributed by atoms with E-state index in [4.69, 9.17) is 0 Å². The predicted molar refractivity (Wildman–Crippen MR) is 90.8 cm³/mol. The zero-order valence-corrected chi connectivity index (χ0v) is 13.3. The molecule has 0 amide bonds. The molecular weight excluding hydrogens is 256 g/mol. The Morgan fingerprint density at radius 2 is 2.00 bits per heavy atom. The Labute approximate surface area is 128 Å². The van der Waals surface area contributed by atoms with Crippen LogP contribution in [0.3, 0.4) is 0 Å². The Bertz CT molecular complexity index is 566. The number of hydrogen-bond acceptors (Lipinski definition) is 1. The van der Waals surface area contributed by atoms with Crippen LogP contribution in [0.4, 0.5) is 0 Å². The van der Waals surface area contributed by atoms with Gasteiger partial charge >= 0.3 is 0 Å². The molecule has 21 heavy (non-hydrogen) atoms. The predicted octanol–water partition coefficient (Wildman–Crippen LogP) is 4.44. The van der Waals surface area contributed by atoms with Gasteiger partial charge in [-0.15, -0.1) is 0 Å². The summed E-state index contributed by atoms with van der Waals surface area (Å²) in [6.45, 7) is 4.68. The second-order valence-electron chi connectivity index (χ2n) is 6.50. The lowest BCUT2D eigenvalue weighted by atomic mass is 9.89. The highest BCUT2D eigenvalue weighted by Gasteiger charge is 2.19. The molecule has 114 valence electrons. The maximum absolute atomic E-state index is 3.40. The van der Waals surface area contributed by atoms with E-state index in [0.29, 0.717) is 0 Å². The second kappa shape index (κ2) is 7.13. The zero-order valence-electron chi connectivity index (χ0n) is 13.3. The lowest BCUT2D eigenvalue weighted by Gasteiger charge is -2.16. The third-order valence-electron chi connectivity index (χ3n) is 4.62. The van der Waals surface area contributed by atoms with Crippen molar-refractivity contribution in [3.05, 3.63) is 35.5 Å². The van der Waals surface area contributed by atoms with E-state index < -0.39 is 0 Å². The monoisotopic (exact) mass is 284 g/mol. The van der Waals surface area contributed by atoms with E-state index in [-0.39, 0.29) is 0 Å². The molecule has 2 nitrogen and oxygen atoms in total. The normalized spacial score (nSPS) is 17.2. The first kappa shape index (κ1) is 14.6. The van der Waals surface area contributed by atoms with Crippen LogP contribution in [0.15, 0.2) is 24.4 Å². The molecule has 1 fully saturated rings. The summed E-state index contributed by atoms with van der Waals surface area (Å²) in [5, 5.41) is 4.84. The molecule has 0 unspecified atom stereocenters. The van der Waals surface area contributed by atoms with Crippen LogP contribution in [0.2, 0.25) is 0 Å². The van der Waals surface area contributed by atoms with Gasteiger partial charge in [0.15, 0.2) is 0 Å². The molecule has 0 atom stereocenters. The highest BCUT2D eigenvalue weighted by Crippen LogP contribution is 2.28. The summed E-state index contributed by atoms with van der Waals surface area (Å²) in [4.78, 5) is 3.27. The van der Waals surface area contributed by atoms with Crippen molar-refractivity contribution in [2.45, 2.75) is 51.9 Å². The topological polar surface area (TPSA) is 27.8 Å². The maximum Gasteiger partial charge on any atom is 0.0456 e. The largest absolute Gasteiger partial charge is 0.361 e. The van der Waals surface area contributed by atoms with Crippen LogP contribution >= 0.6 is 0 Å². The first-order valence-electron chi connectivity index (χ1n) is 8.67. The van der Waals surface area contributed by atoms with E-state index >= 15 is 0 Å². The van der Waals surface area contributed by atoms with E-state index in [2.05, 4.69) is 35.4 Å². The molecule has 2 aromatic rings. The van der Waals surface area contributed by atoms with Crippen LogP contribution in [0.25, 0.3) is 10.9 Å². The molecular formula is C19H28N2. The fourth-order valence-electron chi connectivity index (χ4n) is 3.19. The molecule has 1 saturated carbocycles. The van der Waals surface area contributed by atoms with Crippen molar-refractivity contribution in [3.8, 4) is 0 Å². The van der Waals surface area contributed by atoms with Crippen molar-refractivity contribution in [2.75, 3.05) is 13.1 Å². The van der Waals surface area contributed by atoms with Gasteiger partial charge in [0.2, 0.25) is 0 Å². The lowest BCUT2D eigenvalue weighted by Crippen LogP contribution is -2.16. The summed E-state index contributed by atoms with van der Waals surface area (Å²) in [7, 11) is 0. The molecule has 1 heterocycles. The number of hydrogen-bond donors (Lipinski definition) is 2. The molecule has 0 spiro atoms. The minimum absolute atomic E-state index is 1.04. The quantitative estimate of drug-likeness (QED) is 0.798. The average Bonchev–Trinajstić information content (AvgIpc) is 3.22. The third-order valence-corrected chi connectivity index (χ3v) is 4.62. The zero-order chi connectivity index (χ0) is 14.5. The first-order valence-corrected chi connectivity index (χ1v) is 8.67. The lowest BCUT2D eigenvalue weighted by molar-refractivity contribution is 0.630. The van der Waals surface area contributed by atoms with Crippen LogP contribution < -0.4 is 5.32 Å². The van der Waals surface area contributed by atoms with Crippen molar-refractivity contribution in [2.24, 2.45) is 5.92 Å². The van der Waals surface area contributed by atoms with Crippen LogP contribution in [0.5, 0.6) is 0 Å². The van der Waals surface area contributed by atoms with E-state index in [0.717, 1.165) is 5.92 Å². The van der Waals surface area contributed by atoms with Gasteiger partial charge in [-0.1, -0.05) is 13.0 Å². The molecule has 0 radical (unpaired) electrons. The summed E-state index contributed by atoms with van der Waals surface area (Å²) in [6.07, 6.45) is 11.5. The molecule has 1 aromatic heterocycles. The molecule has 2 heteroatoms. The van der Waals surface area contributed by atoms with E-state index in [9.17, 15) is 0 Å². The third kappa shape index (κ3) is 3.88. The molecule has 2 aliphatic carbocycles. The molecule has 4 rings (SSSR count). The van der Waals surface area contributed by atoms with Gasteiger partial charge in [0.1, 0.15) is 0 Å². The minimum Gasteiger partial charge on any atom is -0.361 e. The number of aryl methyl sites for hydroxylation is 2. The average molecular weight is 284 g/mol. The van der Waals surface area contributed by atoms with Gasteiger partial charge in [-0.25, -0.2) is 0 Å². The van der Waals surface area contributed by atoms with Crippen molar-refractivity contribution in [1.82, 2.24) is 10.3 Å². The SMILES string of the molecule is CCCNCC1CC1.c1cc2c3c(ccc2[nH]1)CCCC3. The summed E-state index contributed by atoms with van der Waals surface area (Å²) in [5.74, 6) is 1.04. The minimum atomic E-state index is 1.04.